The number of hydrogen-bond donors (Lipinski definition) is 2. The van der Waals surface area contributed by atoms with Gasteiger partial charge in [0.05, 0.1) is 29.2 Å². The van der Waals surface area contributed by atoms with Gasteiger partial charge in [-0.3, -0.25) is 0 Å². The number of anilines is 1. The largest absolute Gasteiger partial charge is 0.744 e. The van der Waals surface area contributed by atoms with Crippen LogP contribution in [-0.4, -0.2) is 45.2 Å². The molecule has 5 aromatic carbocycles. The van der Waals surface area contributed by atoms with Gasteiger partial charge in [-0.15, -0.1) is 0 Å². The number of carboxylic acids is 1. The highest BCUT2D eigenvalue weighted by atomic mass is 32.2. The van der Waals surface area contributed by atoms with Gasteiger partial charge in [0.15, 0.2) is 0 Å². The molecule has 8 rings (SSSR count). The Kier molecular flexibility index (Phi) is 10.1. The highest BCUT2D eigenvalue weighted by Crippen LogP contribution is 2.43. The van der Waals surface area contributed by atoms with Crippen molar-refractivity contribution in [2.75, 3.05) is 26.2 Å². The number of carboxylic acid groups (broad SMARTS) is 1. The van der Waals surface area contributed by atoms with Gasteiger partial charge in [0, 0.05) is 63.2 Å². The lowest BCUT2D eigenvalue weighted by Gasteiger charge is -2.23. The number of carbonyl (C=O) groups is 1. The Morgan fingerprint density at radius 1 is 0.839 bits per heavy atom. The van der Waals surface area contributed by atoms with Crippen LogP contribution in [-0.2, 0) is 16.7 Å². The number of aliphatic hydroxyl groups is 1. The van der Waals surface area contributed by atoms with E-state index in [1.54, 1.807) is 55.6 Å². The zero-order valence-electron chi connectivity index (χ0n) is 30.6. The summed E-state index contributed by atoms with van der Waals surface area (Å²) >= 11 is 0. The predicted octanol–water partition coefficient (Wildman–Crippen LogP) is 3.76. The molecule has 11 nitrogen and oxygen atoms in total. The van der Waals surface area contributed by atoms with E-state index in [1.807, 2.05) is 73.3 Å². The first-order valence-electron chi connectivity index (χ1n) is 17.4. The Morgan fingerprint density at radius 2 is 1.55 bits per heavy atom. The second-order valence-corrected chi connectivity index (χ2v) is 14.8. The van der Waals surface area contributed by atoms with E-state index in [1.165, 1.54) is 23.2 Å². The van der Waals surface area contributed by atoms with Crippen molar-refractivity contribution in [3.63, 3.8) is 0 Å². The molecule has 0 spiro atoms. The first kappa shape index (κ1) is 37.7. The van der Waals surface area contributed by atoms with Crippen LogP contribution in [0.2, 0.25) is 0 Å². The molecule has 0 atom stereocenters. The Morgan fingerprint density at radius 3 is 2.25 bits per heavy atom. The van der Waals surface area contributed by atoms with Gasteiger partial charge in [0.2, 0.25) is 5.36 Å². The molecule has 3 aliphatic rings. The van der Waals surface area contributed by atoms with Gasteiger partial charge in [-0.25, -0.2) is 18.8 Å². The maximum atomic E-state index is 12.0. The quantitative estimate of drug-likeness (QED) is 0.0835. The van der Waals surface area contributed by atoms with E-state index >= 15 is 0 Å². The summed E-state index contributed by atoms with van der Waals surface area (Å²) in [7, 11) is 0.877. The van der Waals surface area contributed by atoms with Crippen molar-refractivity contribution in [2.24, 2.45) is 5.84 Å². The van der Waals surface area contributed by atoms with Crippen LogP contribution in [0, 0.1) is 0 Å². The molecule has 282 valence electrons. The first-order chi connectivity index (χ1) is 26.7. The van der Waals surface area contributed by atoms with Crippen molar-refractivity contribution in [1.82, 2.24) is 4.58 Å². The lowest BCUT2D eigenvalue weighted by atomic mass is 9.89. The normalized spacial score (nSPS) is 11.9. The van der Waals surface area contributed by atoms with Crippen LogP contribution in [0.1, 0.15) is 27.0 Å². The minimum Gasteiger partial charge on any atom is -0.744 e. The highest BCUT2D eigenvalue weighted by Gasteiger charge is 2.24. The number of rotatable bonds is 6. The van der Waals surface area contributed by atoms with Crippen molar-refractivity contribution in [2.45, 2.75) is 11.5 Å². The number of nitrogens with zero attached hydrogens (tertiary/aromatic N) is 2. The van der Waals surface area contributed by atoms with Crippen molar-refractivity contribution in [3.8, 4) is 33.9 Å². The van der Waals surface area contributed by atoms with E-state index in [9.17, 15) is 28.0 Å². The molecule has 0 saturated carbocycles. The summed E-state index contributed by atoms with van der Waals surface area (Å²) in [5.41, 5.74) is 5.83. The maximum Gasteiger partial charge on any atom is 0.203 e. The van der Waals surface area contributed by atoms with Crippen molar-refractivity contribution in [3.05, 3.63) is 159 Å². The molecule has 5 aromatic rings. The van der Waals surface area contributed by atoms with Gasteiger partial charge in [0.1, 0.15) is 47.1 Å². The molecule has 3 N–H and O–H groups in total. The number of aliphatic hydroxyl groups excluding tert-OH is 1. The Balaban J connectivity index is 0.000000173. The maximum absolute atomic E-state index is 12.0. The van der Waals surface area contributed by atoms with E-state index in [-0.39, 0.29) is 17.1 Å². The second-order valence-electron chi connectivity index (χ2n) is 13.4. The van der Waals surface area contributed by atoms with E-state index in [0.717, 1.165) is 32.6 Å². The fraction of sp³-hybridized carbons (Fsp3) is 0.0909. The van der Waals surface area contributed by atoms with E-state index in [2.05, 4.69) is 6.58 Å². The van der Waals surface area contributed by atoms with Crippen LogP contribution < -0.4 is 41.1 Å². The van der Waals surface area contributed by atoms with E-state index in [4.69, 9.17) is 15.0 Å². The third-order valence-corrected chi connectivity index (χ3v) is 10.4. The minimum absolute atomic E-state index is 0.107. The number of hydrazine groups is 1. The summed E-state index contributed by atoms with van der Waals surface area (Å²) in [6.07, 6.45) is 0. The molecule has 0 saturated heterocycles. The van der Waals surface area contributed by atoms with Crippen LogP contribution >= 0.6 is 0 Å². The topological polar surface area (TPSA) is 172 Å². The zero-order chi connectivity index (χ0) is 39.9. The Hall–Kier alpha value is -6.57. The number of aromatic carboxylic acids is 1. The molecule has 0 bridgehead atoms. The van der Waals surface area contributed by atoms with Gasteiger partial charge in [-0.1, -0.05) is 73.3 Å². The number of fused-ring (bicyclic) bond motifs is 4. The second kappa shape index (κ2) is 14.9. The summed E-state index contributed by atoms with van der Waals surface area (Å²) in [5, 5.41) is 25.7. The first-order valence-corrected chi connectivity index (χ1v) is 18.8. The number of benzene rings is 6. The third-order valence-electron chi connectivity index (χ3n) is 9.49. The zero-order valence-corrected chi connectivity index (χ0v) is 31.5. The number of hydrogen-bond acceptors (Lipinski definition) is 10. The summed E-state index contributed by atoms with van der Waals surface area (Å²) in [4.78, 5) is 11.4. The molecule has 56 heavy (non-hydrogen) atoms. The molecule has 12 heteroatoms. The smallest absolute Gasteiger partial charge is 0.203 e. The van der Waals surface area contributed by atoms with Crippen LogP contribution in [0.25, 0.3) is 45.6 Å². The molecule has 1 aliphatic carbocycles. The molecular formula is C44H36N3O8S-. The third kappa shape index (κ3) is 7.17. The van der Waals surface area contributed by atoms with Crippen molar-refractivity contribution >= 4 is 44.9 Å². The van der Waals surface area contributed by atoms with E-state index < -0.39 is 16.1 Å². The van der Waals surface area contributed by atoms with Crippen LogP contribution in [0.15, 0.2) is 131 Å². The lowest BCUT2D eigenvalue weighted by molar-refractivity contribution is -0.255. The molecule has 2 aliphatic heterocycles. The SMILES string of the molecule is C=c1ccc2c(c1)Oc1cc(CO)ccc1C=2c1ccccc1C(=O)[O-].CN(N)c1ccc2c(-c3ccccc3S(=O)(=O)[O-])c3ccc(=[N+](C)C)cc-3oc2c1. The van der Waals surface area contributed by atoms with Gasteiger partial charge in [0.25, 0.3) is 0 Å². The summed E-state index contributed by atoms with van der Waals surface area (Å²) in [6.45, 7) is 3.82. The predicted molar refractivity (Wildman–Crippen MR) is 212 cm³/mol. The van der Waals surface area contributed by atoms with Gasteiger partial charge in [-0.05, 0) is 52.7 Å². The fourth-order valence-corrected chi connectivity index (χ4v) is 7.48. The average molecular weight is 767 g/mol. The molecule has 0 unspecified atom stereocenters. The molecule has 0 radical (unpaired) electrons. The highest BCUT2D eigenvalue weighted by molar-refractivity contribution is 7.85. The monoisotopic (exact) mass is 766 g/mol. The number of carbonyl (C=O) groups excluding carboxylic acids is 1. The standard InChI is InChI=1S/C22H21N3O4S.C22H16O4/c1-24(2)14-8-10-16-19(12-14)29-20-13-15(25(3)23)9-11-17(20)22(16)18-6-4-5-7-21(18)30(26,27)28;1-13-6-8-17-19(10-13)26-20-11-14(12-23)7-9-18(20)21(17)15-4-2-3-5-16(15)22(24)25/h4-13H,23H2,1-3H3;2-11,23H,1,12H2,(H,24,25)/p-1. The summed E-state index contributed by atoms with van der Waals surface area (Å²) < 4.78 is 50.1. The van der Waals surface area contributed by atoms with Crippen LogP contribution in [0.3, 0.4) is 0 Å². The van der Waals surface area contributed by atoms with Crippen LogP contribution in [0.4, 0.5) is 5.69 Å². The molecule has 0 amide bonds. The van der Waals surface area contributed by atoms with Gasteiger partial charge < -0.3 is 33.7 Å². The fourth-order valence-electron chi connectivity index (χ4n) is 6.79. The van der Waals surface area contributed by atoms with Gasteiger partial charge in [-0.2, -0.15) is 0 Å². The summed E-state index contributed by atoms with van der Waals surface area (Å²) in [6, 6.07) is 35.0. The lowest BCUT2D eigenvalue weighted by Crippen LogP contribution is -2.26. The Labute approximate surface area is 322 Å². The van der Waals surface area contributed by atoms with E-state index in [0.29, 0.717) is 56.0 Å². The summed E-state index contributed by atoms with van der Waals surface area (Å²) in [5.74, 6) is 6.38. The van der Waals surface area contributed by atoms with Gasteiger partial charge >= 0.3 is 0 Å². The van der Waals surface area contributed by atoms with Crippen LogP contribution in [0.5, 0.6) is 11.5 Å². The molecule has 2 heterocycles. The average Bonchev–Trinajstić information content (AvgIpc) is 3.18. The molecule has 0 aromatic heterocycles. The minimum atomic E-state index is -4.68. The molecule has 0 fully saturated rings. The number of nitrogens with two attached hydrogens (primary N) is 1. The van der Waals surface area contributed by atoms with Crippen molar-refractivity contribution in [1.29, 1.82) is 0 Å². The Bertz CT molecular complexity index is 2970. The number of ether oxygens (including phenoxy) is 1. The molecular weight excluding hydrogens is 731 g/mol. The van der Waals surface area contributed by atoms with Crippen molar-refractivity contribution < 1.29 is 37.1 Å².